The molecule has 6 aliphatic carbocycles. The second-order valence-electron chi connectivity index (χ2n) is 15.3. The van der Waals surface area contributed by atoms with Crippen LogP contribution in [0.25, 0.3) is 45.2 Å². The molecule has 0 heterocycles. The molecule has 0 fully saturated rings. The molecule has 53 heavy (non-hydrogen) atoms. The van der Waals surface area contributed by atoms with Crippen molar-refractivity contribution in [3.8, 4) is 11.1 Å². The van der Waals surface area contributed by atoms with Gasteiger partial charge in [-0.25, -0.2) is 0 Å². The van der Waals surface area contributed by atoms with Crippen molar-refractivity contribution in [2.75, 3.05) is 4.90 Å². The first-order valence-electron chi connectivity index (χ1n) is 19.3. The summed E-state index contributed by atoms with van der Waals surface area (Å²) in [5, 5.41) is 2.53. The van der Waals surface area contributed by atoms with E-state index >= 15 is 0 Å². The topological polar surface area (TPSA) is 3.24 Å². The molecule has 12 rings (SSSR count). The van der Waals surface area contributed by atoms with Gasteiger partial charge in [0.2, 0.25) is 0 Å². The molecule has 6 aromatic carbocycles. The largest absolute Gasteiger partial charge is 0.310 e. The van der Waals surface area contributed by atoms with E-state index in [-0.39, 0.29) is 5.41 Å². The lowest BCUT2D eigenvalue weighted by Crippen LogP contribution is -2.25. The van der Waals surface area contributed by atoms with E-state index < -0.39 is 0 Å². The highest BCUT2D eigenvalue weighted by molar-refractivity contribution is 6.07. The fourth-order valence-corrected chi connectivity index (χ4v) is 10.7. The summed E-state index contributed by atoms with van der Waals surface area (Å²) >= 11 is 0. The van der Waals surface area contributed by atoms with Crippen LogP contribution in [0.5, 0.6) is 0 Å². The molecule has 0 aromatic heterocycles. The lowest BCUT2D eigenvalue weighted by molar-refractivity contribution is 0.794. The minimum absolute atomic E-state index is 0.236. The molecule has 0 saturated carbocycles. The number of hydrogen-bond donors (Lipinski definition) is 0. The smallest absolute Gasteiger partial charge is 0.0731 e. The third-order valence-electron chi connectivity index (χ3n) is 12.7. The zero-order valence-electron chi connectivity index (χ0n) is 29.6. The first-order chi connectivity index (χ1) is 26.3. The van der Waals surface area contributed by atoms with Gasteiger partial charge in [0.15, 0.2) is 0 Å². The normalized spacial score (nSPS) is 19.7. The summed E-state index contributed by atoms with van der Waals surface area (Å²) < 4.78 is 0. The zero-order chi connectivity index (χ0) is 34.7. The van der Waals surface area contributed by atoms with Crippen LogP contribution < -0.4 is 4.90 Å². The van der Waals surface area contributed by atoms with E-state index in [9.17, 15) is 0 Å². The predicted molar refractivity (Wildman–Crippen MR) is 222 cm³/mol. The molecule has 0 aliphatic heterocycles. The average Bonchev–Trinajstić information content (AvgIpc) is 3.71. The van der Waals surface area contributed by atoms with Crippen molar-refractivity contribution >= 4 is 51.1 Å². The van der Waals surface area contributed by atoms with Crippen molar-refractivity contribution in [3.05, 3.63) is 207 Å². The number of benzene rings is 6. The number of allylic oxidation sites excluding steroid dienone is 10. The molecule has 1 atom stereocenters. The first kappa shape index (κ1) is 29.4. The maximum Gasteiger partial charge on any atom is 0.0731 e. The Balaban J connectivity index is 1.11. The molecule has 0 saturated heterocycles. The molecule has 0 radical (unpaired) electrons. The van der Waals surface area contributed by atoms with Gasteiger partial charge in [-0.15, -0.1) is 0 Å². The number of rotatable bonds is 4. The molecule has 0 bridgehead atoms. The molecular formula is C52H37N. The Labute approximate surface area is 310 Å². The van der Waals surface area contributed by atoms with Gasteiger partial charge in [-0.05, 0) is 152 Å². The lowest BCUT2D eigenvalue weighted by Gasteiger charge is -2.32. The Morgan fingerprint density at radius 2 is 1.28 bits per heavy atom. The van der Waals surface area contributed by atoms with Gasteiger partial charge in [-0.3, -0.25) is 0 Å². The number of anilines is 3. The van der Waals surface area contributed by atoms with Gasteiger partial charge in [0.25, 0.3) is 0 Å². The van der Waals surface area contributed by atoms with E-state index in [1.54, 1.807) is 27.9 Å². The van der Waals surface area contributed by atoms with Crippen LogP contribution >= 0.6 is 0 Å². The molecular weight excluding hydrogens is 639 g/mol. The second kappa shape index (κ2) is 10.9. The van der Waals surface area contributed by atoms with E-state index in [1.807, 2.05) is 0 Å². The highest BCUT2D eigenvalue weighted by atomic mass is 15.1. The summed E-state index contributed by atoms with van der Waals surface area (Å²) in [6.07, 6.45) is 19.7. The maximum absolute atomic E-state index is 2.57. The summed E-state index contributed by atoms with van der Waals surface area (Å²) in [5.74, 6) is 0. The third kappa shape index (κ3) is 3.92. The number of nitrogens with zero attached hydrogens (tertiary/aromatic N) is 1. The molecule has 6 aliphatic rings. The molecule has 1 nitrogen and oxygen atoms in total. The Bertz CT molecular complexity index is 2810. The van der Waals surface area contributed by atoms with E-state index in [0.717, 1.165) is 37.8 Å². The zero-order valence-corrected chi connectivity index (χ0v) is 29.6. The Hall–Kier alpha value is -6.18. The molecule has 0 amide bonds. The van der Waals surface area contributed by atoms with E-state index in [4.69, 9.17) is 0 Å². The van der Waals surface area contributed by atoms with Crippen molar-refractivity contribution in [2.24, 2.45) is 0 Å². The minimum atomic E-state index is -0.236. The summed E-state index contributed by atoms with van der Waals surface area (Å²) in [6, 6.07) is 48.2. The molecule has 1 heteroatoms. The van der Waals surface area contributed by atoms with Crippen LogP contribution in [-0.4, -0.2) is 0 Å². The SMILES string of the molecule is C1=Cc2cccc(N(c3cccc(-c4ccc5ccccc5c4)c3)c3ccc4c(c3)C35C6=C(CCC=C64)C4=CCCC(=C43)c3ccccc35)c2C=CC1. The first-order valence-corrected chi connectivity index (χ1v) is 19.3. The summed E-state index contributed by atoms with van der Waals surface area (Å²) in [6.45, 7) is 0. The number of fused-ring (bicyclic) bond motifs is 7. The highest BCUT2D eigenvalue weighted by Gasteiger charge is 2.61. The van der Waals surface area contributed by atoms with Crippen LogP contribution in [0.1, 0.15) is 65.5 Å². The third-order valence-corrected chi connectivity index (χ3v) is 12.7. The Morgan fingerprint density at radius 1 is 0.509 bits per heavy atom. The van der Waals surface area contributed by atoms with Gasteiger partial charge in [0.05, 0.1) is 11.1 Å². The van der Waals surface area contributed by atoms with Gasteiger partial charge in [-0.2, -0.15) is 0 Å². The standard InChI is InChI=1S/C52H37N/c1-2-13-34-15-9-25-49(40(34)18-3-1)53(38-17-8-16-36(31-38)37-27-26-33-12-4-5-14-35(33)30-37)39-28-29-42-44-21-11-23-46-45-22-10-20-43-41-19-6-7-24-47(41)52(50(43)45,51(44)46)48(42)32-39/h2-9,12-19,21-22,24-32H,1,10-11,20,23H2. The van der Waals surface area contributed by atoms with Crippen molar-refractivity contribution < 1.29 is 0 Å². The molecule has 250 valence electrons. The van der Waals surface area contributed by atoms with Gasteiger partial charge in [0.1, 0.15) is 0 Å². The Kier molecular flexibility index (Phi) is 6.06. The fourth-order valence-electron chi connectivity index (χ4n) is 10.7. The van der Waals surface area contributed by atoms with Gasteiger partial charge >= 0.3 is 0 Å². The van der Waals surface area contributed by atoms with Gasteiger partial charge < -0.3 is 4.90 Å². The van der Waals surface area contributed by atoms with Crippen LogP contribution in [0, 0.1) is 0 Å². The van der Waals surface area contributed by atoms with Crippen molar-refractivity contribution in [1.29, 1.82) is 0 Å². The average molecular weight is 676 g/mol. The van der Waals surface area contributed by atoms with Crippen molar-refractivity contribution in [1.82, 2.24) is 0 Å². The van der Waals surface area contributed by atoms with Gasteiger partial charge in [-0.1, -0.05) is 127 Å². The van der Waals surface area contributed by atoms with E-state index in [1.165, 1.54) is 72.2 Å². The van der Waals surface area contributed by atoms with Crippen molar-refractivity contribution in [3.63, 3.8) is 0 Å². The van der Waals surface area contributed by atoms with Gasteiger partial charge in [0, 0.05) is 16.9 Å². The number of hydrogen-bond acceptors (Lipinski definition) is 1. The van der Waals surface area contributed by atoms with Crippen LogP contribution in [0.15, 0.2) is 174 Å². The van der Waals surface area contributed by atoms with Crippen LogP contribution in [0.4, 0.5) is 17.1 Å². The summed E-state index contributed by atoms with van der Waals surface area (Å²) in [5.41, 5.74) is 23.5. The van der Waals surface area contributed by atoms with Crippen LogP contribution in [-0.2, 0) is 5.41 Å². The van der Waals surface area contributed by atoms with E-state index in [0.29, 0.717) is 0 Å². The fraction of sp³-hybridized carbons (Fsp3) is 0.115. The summed E-state index contributed by atoms with van der Waals surface area (Å²) in [7, 11) is 0. The summed E-state index contributed by atoms with van der Waals surface area (Å²) in [4.78, 5) is 2.53. The lowest BCUT2D eigenvalue weighted by atomic mass is 9.71. The Morgan fingerprint density at radius 3 is 2.25 bits per heavy atom. The highest BCUT2D eigenvalue weighted by Crippen LogP contribution is 2.72. The molecule has 6 aromatic rings. The minimum Gasteiger partial charge on any atom is -0.310 e. The predicted octanol–water partition coefficient (Wildman–Crippen LogP) is 13.7. The molecule has 1 spiro atoms. The second-order valence-corrected chi connectivity index (χ2v) is 15.3. The quantitative estimate of drug-likeness (QED) is 0.180. The molecule has 0 N–H and O–H groups in total. The maximum atomic E-state index is 2.57. The van der Waals surface area contributed by atoms with E-state index in [2.05, 4.69) is 169 Å². The van der Waals surface area contributed by atoms with Crippen molar-refractivity contribution in [2.45, 2.75) is 37.5 Å². The van der Waals surface area contributed by atoms with Crippen LogP contribution in [0.3, 0.4) is 0 Å². The monoisotopic (exact) mass is 675 g/mol. The molecule has 1 unspecified atom stereocenters. The van der Waals surface area contributed by atoms with Crippen LogP contribution in [0.2, 0.25) is 0 Å².